The highest BCUT2D eigenvalue weighted by Crippen LogP contribution is 2.32. The molecule has 1 amide bonds. The van der Waals surface area contributed by atoms with Crippen LogP contribution in [-0.2, 0) is 14.8 Å². The minimum atomic E-state index is -3.63. The maximum Gasteiger partial charge on any atom is 0.261 e. The van der Waals surface area contributed by atoms with Gasteiger partial charge in [-0.25, -0.2) is 8.42 Å². The largest absolute Gasteiger partial charge is 0.339 e. The van der Waals surface area contributed by atoms with Crippen molar-refractivity contribution in [2.24, 2.45) is 0 Å². The molecular weight excluding hydrogens is 332 g/mol. The van der Waals surface area contributed by atoms with E-state index in [-0.39, 0.29) is 16.2 Å². The number of carbonyl (C=O) groups excluding carboxylic acids is 1. The summed E-state index contributed by atoms with van der Waals surface area (Å²) in [4.78, 5) is 11.5. The van der Waals surface area contributed by atoms with Gasteiger partial charge >= 0.3 is 0 Å². The van der Waals surface area contributed by atoms with Crippen LogP contribution >= 0.6 is 11.8 Å². The molecule has 2 N–H and O–H groups in total. The maximum atomic E-state index is 12.4. The molecule has 0 aromatic heterocycles. The standard InChI is InChI=1S/C16H16N2O3S2/c1-11-5-7-14(8-6-11)23(20,21)18-13-4-2-3-12(9-13)16-17-15(19)10-22-16/h2-9,16,18H,10H2,1H3,(H,17,19)/t16-/m0/s1. The Balaban J connectivity index is 1.82. The van der Waals surface area contributed by atoms with E-state index in [0.29, 0.717) is 11.4 Å². The Labute approximate surface area is 139 Å². The van der Waals surface area contributed by atoms with Crippen molar-refractivity contribution in [1.82, 2.24) is 5.32 Å². The zero-order valence-corrected chi connectivity index (χ0v) is 14.1. The van der Waals surface area contributed by atoms with E-state index in [4.69, 9.17) is 0 Å². The fourth-order valence-electron chi connectivity index (χ4n) is 2.26. The molecule has 7 heteroatoms. The minimum Gasteiger partial charge on any atom is -0.339 e. The molecule has 5 nitrogen and oxygen atoms in total. The first kappa shape index (κ1) is 15.9. The summed E-state index contributed by atoms with van der Waals surface area (Å²) in [7, 11) is -3.63. The molecule has 1 aliphatic rings. The van der Waals surface area contributed by atoms with Gasteiger partial charge in [-0.2, -0.15) is 0 Å². The van der Waals surface area contributed by atoms with Crippen LogP contribution in [0.15, 0.2) is 53.4 Å². The van der Waals surface area contributed by atoms with Gasteiger partial charge in [-0.3, -0.25) is 9.52 Å². The molecule has 2 aromatic carbocycles. The second kappa shape index (κ2) is 6.25. The summed E-state index contributed by atoms with van der Waals surface area (Å²) in [5, 5.41) is 2.71. The van der Waals surface area contributed by atoms with Crippen LogP contribution in [0, 0.1) is 6.92 Å². The van der Waals surface area contributed by atoms with E-state index in [1.54, 1.807) is 42.5 Å². The van der Waals surface area contributed by atoms with Gasteiger partial charge in [0, 0.05) is 5.69 Å². The predicted octanol–water partition coefficient (Wildman–Crippen LogP) is 2.66. The van der Waals surface area contributed by atoms with Gasteiger partial charge < -0.3 is 5.32 Å². The van der Waals surface area contributed by atoms with Crippen LogP contribution in [0.3, 0.4) is 0 Å². The molecule has 120 valence electrons. The smallest absolute Gasteiger partial charge is 0.261 e. The second-order valence-electron chi connectivity index (χ2n) is 5.30. The third-order valence-electron chi connectivity index (χ3n) is 3.45. The third-order valence-corrected chi connectivity index (χ3v) is 6.00. The molecular formula is C16H16N2O3S2. The number of hydrogen-bond acceptors (Lipinski definition) is 4. The van der Waals surface area contributed by atoms with E-state index in [1.165, 1.54) is 11.8 Å². The average molecular weight is 348 g/mol. The van der Waals surface area contributed by atoms with E-state index in [9.17, 15) is 13.2 Å². The number of hydrogen-bond donors (Lipinski definition) is 2. The first-order chi connectivity index (χ1) is 10.9. The highest BCUT2D eigenvalue weighted by molar-refractivity contribution is 8.00. The van der Waals surface area contributed by atoms with Gasteiger partial charge in [0.2, 0.25) is 5.91 Å². The zero-order chi connectivity index (χ0) is 16.4. The number of thioether (sulfide) groups is 1. The van der Waals surface area contributed by atoms with Crippen molar-refractivity contribution in [3.05, 3.63) is 59.7 Å². The number of amides is 1. The quantitative estimate of drug-likeness (QED) is 0.891. The predicted molar refractivity (Wildman–Crippen MR) is 91.8 cm³/mol. The SMILES string of the molecule is Cc1ccc(S(=O)(=O)Nc2cccc([C@H]3NC(=O)CS3)c2)cc1. The van der Waals surface area contributed by atoms with Crippen molar-refractivity contribution < 1.29 is 13.2 Å². The number of nitrogens with one attached hydrogen (secondary N) is 2. The first-order valence-electron chi connectivity index (χ1n) is 7.04. The molecule has 0 unspecified atom stereocenters. The van der Waals surface area contributed by atoms with E-state index in [0.717, 1.165) is 11.1 Å². The molecule has 1 aliphatic heterocycles. The lowest BCUT2D eigenvalue weighted by molar-refractivity contribution is -0.118. The summed E-state index contributed by atoms with van der Waals surface area (Å²) in [6.45, 7) is 1.90. The van der Waals surface area contributed by atoms with Crippen molar-refractivity contribution in [1.29, 1.82) is 0 Å². The van der Waals surface area contributed by atoms with Gasteiger partial charge in [0.15, 0.2) is 0 Å². The van der Waals surface area contributed by atoms with Crippen LogP contribution in [0.5, 0.6) is 0 Å². The number of anilines is 1. The summed E-state index contributed by atoms with van der Waals surface area (Å²) in [5.41, 5.74) is 2.34. The van der Waals surface area contributed by atoms with E-state index in [1.807, 2.05) is 13.0 Å². The Hall–Kier alpha value is -1.99. The maximum absolute atomic E-state index is 12.4. The molecule has 3 rings (SSSR count). The lowest BCUT2D eigenvalue weighted by atomic mass is 10.2. The Kier molecular flexibility index (Phi) is 4.32. The zero-order valence-electron chi connectivity index (χ0n) is 12.4. The Morgan fingerprint density at radius 2 is 1.91 bits per heavy atom. The molecule has 1 fully saturated rings. The number of aryl methyl sites for hydroxylation is 1. The Morgan fingerprint density at radius 1 is 1.17 bits per heavy atom. The lowest BCUT2D eigenvalue weighted by Gasteiger charge is -2.13. The highest BCUT2D eigenvalue weighted by atomic mass is 32.2. The molecule has 0 bridgehead atoms. The second-order valence-corrected chi connectivity index (χ2v) is 8.08. The topological polar surface area (TPSA) is 75.3 Å². The van der Waals surface area contributed by atoms with Crippen molar-refractivity contribution in [3.63, 3.8) is 0 Å². The van der Waals surface area contributed by atoms with E-state index < -0.39 is 10.0 Å². The summed E-state index contributed by atoms with van der Waals surface area (Å²) in [5.74, 6) is 0.412. The Morgan fingerprint density at radius 3 is 2.57 bits per heavy atom. The van der Waals surface area contributed by atoms with Gasteiger partial charge in [-0.05, 0) is 36.8 Å². The summed E-state index contributed by atoms with van der Waals surface area (Å²) in [6, 6.07) is 13.8. The fourth-order valence-corrected chi connectivity index (χ4v) is 4.27. The van der Waals surface area contributed by atoms with Gasteiger partial charge in [0.25, 0.3) is 10.0 Å². The summed E-state index contributed by atoms with van der Waals surface area (Å²) < 4.78 is 27.4. The Bertz CT molecular complexity index is 833. The van der Waals surface area contributed by atoms with Crippen molar-refractivity contribution >= 4 is 33.4 Å². The minimum absolute atomic E-state index is 0.00867. The van der Waals surface area contributed by atoms with Crippen LogP contribution in [-0.4, -0.2) is 20.1 Å². The van der Waals surface area contributed by atoms with Crippen molar-refractivity contribution in [2.75, 3.05) is 10.5 Å². The molecule has 2 aromatic rings. The number of carbonyl (C=O) groups is 1. The normalized spacial score (nSPS) is 17.8. The number of benzene rings is 2. The molecule has 23 heavy (non-hydrogen) atoms. The molecule has 1 heterocycles. The van der Waals surface area contributed by atoms with E-state index >= 15 is 0 Å². The molecule has 0 spiro atoms. The first-order valence-corrected chi connectivity index (χ1v) is 9.58. The highest BCUT2D eigenvalue weighted by Gasteiger charge is 2.23. The van der Waals surface area contributed by atoms with Gasteiger partial charge in [0.05, 0.1) is 10.6 Å². The number of sulfonamides is 1. The van der Waals surface area contributed by atoms with Crippen LogP contribution in [0.25, 0.3) is 0 Å². The molecule has 1 saturated heterocycles. The van der Waals surface area contributed by atoms with Crippen molar-refractivity contribution in [3.8, 4) is 0 Å². The van der Waals surface area contributed by atoms with Gasteiger partial charge in [-0.15, -0.1) is 11.8 Å². The number of rotatable bonds is 4. The van der Waals surface area contributed by atoms with E-state index in [2.05, 4.69) is 10.0 Å². The fraction of sp³-hybridized carbons (Fsp3) is 0.188. The van der Waals surface area contributed by atoms with Crippen molar-refractivity contribution in [2.45, 2.75) is 17.2 Å². The third kappa shape index (κ3) is 3.68. The van der Waals surface area contributed by atoms with Crippen LogP contribution in [0.2, 0.25) is 0 Å². The van der Waals surface area contributed by atoms with Crippen LogP contribution in [0.1, 0.15) is 16.5 Å². The average Bonchev–Trinajstić information content (AvgIpc) is 2.94. The van der Waals surface area contributed by atoms with Crippen LogP contribution < -0.4 is 10.0 Å². The van der Waals surface area contributed by atoms with Crippen LogP contribution in [0.4, 0.5) is 5.69 Å². The summed E-state index contributed by atoms with van der Waals surface area (Å²) >= 11 is 1.49. The van der Waals surface area contributed by atoms with Gasteiger partial charge in [0.1, 0.15) is 5.37 Å². The monoisotopic (exact) mass is 348 g/mol. The molecule has 0 aliphatic carbocycles. The molecule has 1 atom stereocenters. The lowest BCUT2D eigenvalue weighted by Crippen LogP contribution is -2.19. The summed E-state index contributed by atoms with van der Waals surface area (Å²) in [6.07, 6.45) is 0. The molecule has 0 radical (unpaired) electrons. The molecule has 0 saturated carbocycles. The van der Waals surface area contributed by atoms with Gasteiger partial charge in [-0.1, -0.05) is 29.8 Å².